The first-order chi connectivity index (χ1) is 4.83. The van der Waals surface area contributed by atoms with Gasteiger partial charge in [-0.1, -0.05) is 11.6 Å². The second-order valence-corrected chi connectivity index (χ2v) is 2.25. The summed E-state index contributed by atoms with van der Waals surface area (Å²) in [7, 11) is 1.56. The van der Waals surface area contributed by atoms with Crippen molar-refractivity contribution in [3.8, 4) is 0 Å². The van der Waals surface area contributed by atoms with Gasteiger partial charge in [-0.3, -0.25) is 10.3 Å². The van der Waals surface area contributed by atoms with Gasteiger partial charge in [0.05, 0.1) is 12.8 Å². The van der Waals surface area contributed by atoms with Gasteiger partial charge in [-0.05, 0) is 24.3 Å². The van der Waals surface area contributed by atoms with Crippen molar-refractivity contribution in [3.63, 3.8) is 0 Å². The zero-order valence-corrected chi connectivity index (χ0v) is 6.35. The van der Waals surface area contributed by atoms with E-state index in [1.807, 2.05) is 12.1 Å². The fourth-order valence-electron chi connectivity index (χ4n) is 0.636. The highest BCUT2D eigenvalue weighted by molar-refractivity contribution is 6.30. The molecule has 0 aliphatic carbocycles. The second-order valence-electron chi connectivity index (χ2n) is 1.81. The molecule has 0 fully saturated rings. The van der Waals surface area contributed by atoms with E-state index in [-0.39, 0.29) is 0 Å². The smallest absolute Gasteiger partial charge is 0.0636 e. The molecule has 0 spiro atoms. The van der Waals surface area contributed by atoms with Crippen molar-refractivity contribution in [1.82, 2.24) is 0 Å². The Balaban J connectivity index is 2.69. The van der Waals surface area contributed by atoms with E-state index in [0.29, 0.717) is 0 Å². The Morgan fingerprint density at radius 1 is 1.30 bits per heavy atom. The molecule has 54 valence electrons. The number of hydrogen-bond donors (Lipinski definition) is 1. The minimum Gasteiger partial charge on any atom is -0.279 e. The largest absolute Gasteiger partial charge is 0.279 e. The molecule has 0 unspecified atom stereocenters. The quantitative estimate of drug-likeness (QED) is 0.666. The Labute approximate surface area is 64.7 Å². The van der Waals surface area contributed by atoms with Crippen molar-refractivity contribution < 1.29 is 4.84 Å². The normalized spacial score (nSPS) is 9.40. The van der Waals surface area contributed by atoms with Gasteiger partial charge in [0, 0.05) is 5.02 Å². The fraction of sp³-hybridized carbons (Fsp3) is 0.143. The highest BCUT2D eigenvalue weighted by atomic mass is 35.5. The molecule has 0 aliphatic heterocycles. The van der Waals surface area contributed by atoms with E-state index in [1.54, 1.807) is 19.2 Å². The lowest BCUT2D eigenvalue weighted by Crippen LogP contribution is -1.93. The highest BCUT2D eigenvalue weighted by Gasteiger charge is 1.88. The number of halogens is 1. The maximum atomic E-state index is 5.64. The van der Waals surface area contributed by atoms with Gasteiger partial charge in [-0.25, -0.2) is 0 Å². The summed E-state index contributed by atoms with van der Waals surface area (Å²) in [4.78, 5) is 4.67. The van der Waals surface area contributed by atoms with Gasteiger partial charge in [0.25, 0.3) is 0 Å². The molecule has 2 nitrogen and oxygen atoms in total. The van der Waals surface area contributed by atoms with Crippen LogP contribution in [0.3, 0.4) is 0 Å². The summed E-state index contributed by atoms with van der Waals surface area (Å²) in [5.74, 6) is 0. The molecule has 0 aromatic heterocycles. The lowest BCUT2D eigenvalue weighted by Gasteiger charge is -2.00. The van der Waals surface area contributed by atoms with Gasteiger partial charge in [-0.15, -0.1) is 0 Å². The molecule has 0 saturated heterocycles. The van der Waals surface area contributed by atoms with Gasteiger partial charge in [0.15, 0.2) is 0 Å². The Hall–Kier alpha value is -0.730. The molecule has 1 aromatic carbocycles. The Morgan fingerprint density at radius 2 is 1.90 bits per heavy atom. The lowest BCUT2D eigenvalue weighted by atomic mass is 10.3. The first kappa shape index (κ1) is 7.38. The molecule has 0 aliphatic rings. The summed E-state index contributed by atoms with van der Waals surface area (Å²) >= 11 is 5.64. The minimum atomic E-state index is 0.724. The highest BCUT2D eigenvalue weighted by Crippen LogP contribution is 2.12. The van der Waals surface area contributed by atoms with E-state index < -0.39 is 0 Å². The van der Waals surface area contributed by atoms with Crippen LogP contribution in [-0.2, 0) is 4.84 Å². The number of rotatable bonds is 2. The van der Waals surface area contributed by atoms with Crippen molar-refractivity contribution in [3.05, 3.63) is 29.3 Å². The summed E-state index contributed by atoms with van der Waals surface area (Å²) in [6.45, 7) is 0. The fourth-order valence-corrected chi connectivity index (χ4v) is 0.762. The summed E-state index contributed by atoms with van der Waals surface area (Å²) < 4.78 is 0. The minimum absolute atomic E-state index is 0.724. The molecule has 0 heterocycles. The van der Waals surface area contributed by atoms with Crippen molar-refractivity contribution in [2.24, 2.45) is 0 Å². The van der Waals surface area contributed by atoms with E-state index in [4.69, 9.17) is 11.6 Å². The summed E-state index contributed by atoms with van der Waals surface area (Å²) in [6, 6.07) is 7.27. The van der Waals surface area contributed by atoms with Crippen molar-refractivity contribution in [2.75, 3.05) is 12.6 Å². The molecule has 0 saturated carbocycles. The van der Waals surface area contributed by atoms with Crippen molar-refractivity contribution >= 4 is 17.3 Å². The third-order valence-corrected chi connectivity index (χ3v) is 1.32. The molecule has 0 amide bonds. The summed E-state index contributed by atoms with van der Waals surface area (Å²) in [5.41, 5.74) is 3.57. The van der Waals surface area contributed by atoms with Crippen LogP contribution in [0.15, 0.2) is 24.3 Å². The SMILES string of the molecule is CONc1ccc(Cl)cc1. The molecule has 1 aromatic rings. The first-order valence-corrected chi connectivity index (χ1v) is 3.25. The third-order valence-electron chi connectivity index (χ3n) is 1.06. The standard InChI is InChI=1S/C7H8ClNO/c1-10-9-7-4-2-6(8)3-5-7/h2-5,9H,1H3. The van der Waals surface area contributed by atoms with Gasteiger partial charge in [0.2, 0.25) is 0 Å². The topological polar surface area (TPSA) is 21.3 Å². The number of benzene rings is 1. The van der Waals surface area contributed by atoms with Gasteiger partial charge < -0.3 is 0 Å². The van der Waals surface area contributed by atoms with Crippen LogP contribution in [-0.4, -0.2) is 7.11 Å². The number of anilines is 1. The van der Waals surface area contributed by atoms with E-state index in [2.05, 4.69) is 10.3 Å². The van der Waals surface area contributed by atoms with Gasteiger partial charge >= 0.3 is 0 Å². The Morgan fingerprint density at radius 3 is 2.40 bits per heavy atom. The van der Waals surface area contributed by atoms with E-state index >= 15 is 0 Å². The first-order valence-electron chi connectivity index (χ1n) is 2.87. The van der Waals surface area contributed by atoms with E-state index in [9.17, 15) is 0 Å². The molecule has 1 rings (SSSR count). The zero-order chi connectivity index (χ0) is 7.40. The van der Waals surface area contributed by atoms with Crippen molar-refractivity contribution in [2.45, 2.75) is 0 Å². The molecule has 0 bridgehead atoms. The predicted octanol–water partition coefficient (Wildman–Crippen LogP) is 2.31. The zero-order valence-electron chi connectivity index (χ0n) is 5.60. The average Bonchev–Trinajstić information content (AvgIpc) is 1.95. The molecular formula is C7H8ClNO. The number of nitrogens with one attached hydrogen (secondary N) is 1. The van der Waals surface area contributed by atoms with E-state index in [1.165, 1.54) is 0 Å². The Bertz CT molecular complexity index is 197. The predicted molar refractivity (Wildman–Crippen MR) is 42.1 cm³/mol. The maximum absolute atomic E-state index is 5.64. The van der Waals surface area contributed by atoms with E-state index in [0.717, 1.165) is 10.7 Å². The van der Waals surface area contributed by atoms with Crippen molar-refractivity contribution in [1.29, 1.82) is 0 Å². The van der Waals surface area contributed by atoms with Crippen LogP contribution in [0.5, 0.6) is 0 Å². The Kier molecular flexibility index (Phi) is 2.54. The average molecular weight is 158 g/mol. The van der Waals surface area contributed by atoms with Crippen LogP contribution in [0.25, 0.3) is 0 Å². The third kappa shape index (κ3) is 1.90. The van der Waals surface area contributed by atoms with Crippen LogP contribution < -0.4 is 5.48 Å². The van der Waals surface area contributed by atoms with Gasteiger partial charge in [-0.2, -0.15) is 0 Å². The monoisotopic (exact) mass is 157 g/mol. The van der Waals surface area contributed by atoms with Crippen LogP contribution in [0.4, 0.5) is 5.69 Å². The molecule has 0 atom stereocenters. The summed E-state index contributed by atoms with van der Waals surface area (Å²) in [5, 5.41) is 0.724. The van der Waals surface area contributed by atoms with Gasteiger partial charge in [0.1, 0.15) is 0 Å². The lowest BCUT2D eigenvalue weighted by molar-refractivity contribution is 0.271. The molecule has 0 radical (unpaired) electrons. The number of hydrogen-bond acceptors (Lipinski definition) is 2. The van der Waals surface area contributed by atoms with Crippen LogP contribution in [0.2, 0.25) is 5.02 Å². The molecule has 10 heavy (non-hydrogen) atoms. The van der Waals surface area contributed by atoms with Crippen LogP contribution in [0.1, 0.15) is 0 Å². The molecule has 1 N–H and O–H groups in total. The van der Waals surface area contributed by atoms with Crippen LogP contribution in [0, 0.1) is 0 Å². The summed E-state index contributed by atoms with van der Waals surface area (Å²) in [6.07, 6.45) is 0. The maximum Gasteiger partial charge on any atom is 0.0636 e. The molecular weight excluding hydrogens is 150 g/mol. The molecule has 3 heteroatoms. The second kappa shape index (κ2) is 3.44. The van der Waals surface area contributed by atoms with Crippen LogP contribution >= 0.6 is 11.6 Å².